The van der Waals surface area contributed by atoms with Crippen LogP contribution in [0.5, 0.6) is 0 Å². The van der Waals surface area contributed by atoms with Crippen molar-refractivity contribution < 1.29 is 8.42 Å². The van der Waals surface area contributed by atoms with E-state index in [0.29, 0.717) is 11.4 Å². The fourth-order valence-corrected chi connectivity index (χ4v) is 4.06. The van der Waals surface area contributed by atoms with E-state index in [2.05, 4.69) is 16.1 Å². The second-order valence-corrected chi connectivity index (χ2v) is 7.55. The lowest BCUT2D eigenvalue weighted by atomic mass is 9.92. The van der Waals surface area contributed by atoms with Crippen LogP contribution < -0.4 is 10.0 Å². The summed E-state index contributed by atoms with van der Waals surface area (Å²) in [6.07, 6.45) is 7.41. The molecule has 0 atom stereocenters. The first kappa shape index (κ1) is 17.5. The molecule has 0 fully saturated rings. The maximum atomic E-state index is 12.4. The van der Waals surface area contributed by atoms with Crippen molar-refractivity contribution in [2.45, 2.75) is 37.0 Å². The van der Waals surface area contributed by atoms with Crippen LogP contribution in [-0.2, 0) is 22.9 Å². The Balaban J connectivity index is 0.00000176. The molecule has 0 unspecified atom stereocenters. The maximum absolute atomic E-state index is 12.4. The third kappa shape index (κ3) is 4.10. The molecule has 0 radical (unpaired) electrons. The van der Waals surface area contributed by atoms with Crippen molar-refractivity contribution in [2.24, 2.45) is 0 Å². The number of hydrogen-bond donors (Lipinski definition) is 2. The molecule has 122 valence electrons. The van der Waals surface area contributed by atoms with Gasteiger partial charge in [-0.3, -0.25) is 0 Å². The van der Waals surface area contributed by atoms with Crippen molar-refractivity contribution >= 4 is 22.4 Å². The predicted octanol–water partition coefficient (Wildman–Crippen LogP) is 2.19. The minimum Gasteiger partial charge on any atom is -0.313 e. The van der Waals surface area contributed by atoms with Gasteiger partial charge in [-0.25, -0.2) is 13.1 Å². The van der Waals surface area contributed by atoms with Crippen molar-refractivity contribution in [3.8, 4) is 0 Å². The Morgan fingerprint density at radius 1 is 1.09 bits per heavy atom. The van der Waals surface area contributed by atoms with Gasteiger partial charge in [0.05, 0.1) is 4.90 Å². The molecule has 3 rings (SSSR count). The lowest BCUT2D eigenvalue weighted by molar-refractivity contribution is 0.581. The monoisotopic (exact) mass is 342 g/mol. The highest BCUT2D eigenvalue weighted by Gasteiger charge is 2.18. The summed E-state index contributed by atoms with van der Waals surface area (Å²) in [7, 11) is -3.40. The van der Waals surface area contributed by atoms with E-state index in [9.17, 15) is 8.42 Å². The van der Waals surface area contributed by atoms with Crippen molar-refractivity contribution in [1.29, 1.82) is 0 Å². The zero-order valence-corrected chi connectivity index (χ0v) is 14.2. The first-order chi connectivity index (χ1) is 10.1. The summed E-state index contributed by atoms with van der Waals surface area (Å²) in [5.41, 5.74) is 3.67. The number of aryl methyl sites for hydroxylation is 2. The predicted molar refractivity (Wildman–Crippen MR) is 91.1 cm³/mol. The van der Waals surface area contributed by atoms with Gasteiger partial charge in [0.15, 0.2) is 0 Å². The average molecular weight is 343 g/mol. The Morgan fingerprint density at radius 3 is 2.59 bits per heavy atom. The van der Waals surface area contributed by atoms with E-state index in [1.54, 1.807) is 6.07 Å². The third-order valence-electron chi connectivity index (χ3n) is 4.28. The molecule has 4 nitrogen and oxygen atoms in total. The molecule has 1 aliphatic heterocycles. The number of halogens is 1. The largest absolute Gasteiger partial charge is 0.313 e. The van der Waals surface area contributed by atoms with E-state index in [1.807, 2.05) is 12.1 Å². The van der Waals surface area contributed by atoms with Crippen molar-refractivity contribution in [1.82, 2.24) is 10.0 Å². The molecule has 2 aliphatic rings. The molecule has 1 aromatic carbocycles. The van der Waals surface area contributed by atoms with Gasteiger partial charge in [-0.2, -0.15) is 0 Å². The Kier molecular flexibility index (Phi) is 6.03. The van der Waals surface area contributed by atoms with Gasteiger partial charge >= 0.3 is 0 Å². The zero-order valence-electron chi connectivity index (χ0n) is 12.6. The van der Waals surface area contributed by atoms with Gasteiger partial charge in [0.1, 0.15) is 0 Å². The summed E-state index contributed by atoms with van der Waals surface area (Å²) in [5.74, 6) is 0. The van der Waals surface area contributed by atoms with Crippen LogP contribution in [0.4, 0.5) is 0 Å². The molecule has 0 saturated carbocycles. The lowest BCUT2D eigenvalue weighted by Gasteiger charge is -2.18. The summed E-state index contributed by atoms with van der Waals surface area (Å²) in [5, 5.41) is 3.22. The Labute approximate surface area is 138 Å². The normalized spacial score (nSPS) is 18.1. The first-order valence-corrected chi connectivity index (χ1v) is 9.13. The minimum absolute atomic E-state index is 0. The Morgan fingerprint density at radius 2 is 1.86 bits per heavy atom. The summed E-state index contributed by atoms with van der Waals surface area (Å²) in [6, 6.07) is 5.57. The Bertz CT molecular complexity index is 656. The highest BCUT2D eigenvalue weighted by atomic mass is 35.5. The second kappa shape index (κ2) is 7.59. The molecule has 0 amide bonds. The minimum atomic E-state index is -3.40. The van der Waals surface area contributed by atoms with E-state index in [4.69, 9.17) is 0 Å². The number of hydrogen-bond acceptors (Lipinski definition) is 3. The van der Waals surface area contributed by atoms with Crippen molar-refractivity contribution in [3.05, 3.63) is 41.0 Å². The van der Waals surface area contributed by atoms with Crippen LogP contribution in [0.1, 0.15) is 30.4 Å². The van der Waals surface area contributed by atoms with Gasteiger partial charge in [0.2, 0.25) is 10.0 Å². The van der Waals surface area contributed by atoms with Gasteiger partial charge in [0.25, 0.3) is 0 Å². The zero-order chi connectivity index (χ0) is 14.7. The smallest absolute Gasteiger partial charge is 0.240 e. The van der Waals surface area contributed by atoms with Crippen LogP contribution in [-0.4, -0.2) is 28.1 Å². The van der Waals surface area contributed by atoms with Gasteiger partial charge in [-0.15, -0.1) is 12.4 Å². The van der Waals surface area contributed by atoms with Gasteiger partial charge in [0, 0.05) is 13.1 Å². The average Bonchev–Trinajstić information content (AvgIpc) is 2.53. The van der Waals surface area contributed by atoms with Crippen LogP contribution >= 0.6 is 12.4 Å². The fraction of sp³-hybridized carbons (Fsp3) is 0.500. The van der Waals surface area contributed by atoms with E-state index in [1.165, 1.54) is 17.5 Å². The van der Waals surface area contributed by atoms with E-state index >= 15 is 0 Å². The summed E-state index contributed by atoms with van der Waals surface area (Å²) in [6.45, 7) is 2.17. The van der Waals surface area contributed by atoms with Crippen molar-refractivity contribution in [3.63, 3.8) is 0 Å². The summed E-state index contributed by atoms with van der Waals surface area (Å²) < 4.78 is 27.5. The number of nitrogens with one attached hydrogen (secondary N) is 2. The van der Waals surface area contributed by atoms with Gasteiger partial charge in [-0.1, -0.05) is 17.7 Å². The molecule has 1 aromatic rings. The maximum Gasteiger partial charge on any atom is 0.240 e. The number of benzene rings is 1. The van der Waals surface area contributed by atoms with E-state index < -0.39 is 10.0 Å². The summed E-state index contributed by atoms with van der Waals surface area (Å²) >= 11 is 0. The number of sulfonamides is 1. The molecular weight excluding hydrogens is 320 g/mol. The first-order valence-electron chi connectivity index (χ1n) is 7.65. The van der Waals surface area contributed by atoms with E-state index in [-0.39, 0.29) is 12.4 Å². The lowest BCUT2D eigenvalue weighted by Crippen LogP contribution is -2.29. The molecule has 22 heavy (non-hydrogen) atoms. The number of fused-ring (bicyclic) bond motifs is 1. The molecule has 2 N–H and O–H groups in total. The molecule has 0 aromatic heterocycles. The molecule has 0 bridgehead atoms. The molecule has 0 spiro atoms. The van der Waals surface area contributed by atoms with Gasteiger partial charge < -0.3 is 5.32 Å². The van der Waals surface area contributed by atoms with E-state index in [0.717, 1.165) is 44.3 Å². The van der Waals surface area contributed by atoms with Gasteiger partial charge in [-0.05, 0) is 61.9 Å². The topological polar surface area (TPSA) is 58.2 Å². The summed E-state index contributed by atoms with van der Waals surface area (Å²) in [4.78, 5) is 0.401. The molecule has 1 heterocycles. The van der Waals surface area contributed by atoms with Crippen LogP contribution in [0.15, 0.2) is 34.7 Å². The van der Waals surface area contributed by atoms with Crippen LogP contribution in [0.2, 0.25) is 0 Å². The molecular formula is C16H23ClN2O2S. The SMILES string of the molecule is Cl.O=S(=O)(NCC1=CCNCC1)c1ccc2c(c1)CCCC2. The highest BCUT2D eigenvalue weighted by molar-refractivity contribution is 7.89. The fourth-order valence-electron chi connectivity index (χ4n) is 2.98. The molecule has 0 saturated heterocycles. The van der Waals surface area contributed by atoms with Crippen LogP contribution in [0.3, 0.4) is 0 Å². The third-order valence-corrected chi connectivity index (χ3v) is 5.68. The quantitative estimate of drug-likeness (QED) is 0.825. The molecule has 6 heteroatoms. The standard InChI is InChI=1S/C16H22N2O2S.ClH/c19-21(20,18-12-13-7-9-17-10-8-13)16-6-5-14-3-1-2-4-15(14)11-16;/h5-7,11,17-18H,1-4,8-10,12H2;1H. The number of rotatable bonds is 4. The molecule has 1 aliphatic carbocycles. The van der Waals surface area contributed by atoms with Crippen LogP contribution in [0, 0.1) is 0 Å². The van der Waals surface area contributed by atoms with Crippen molar-refractivity contribution in [2.75, 3.05) is 19.6 Å². The Hall–Kier alpha value is -0.880. The van der Waals surface area contributed by atoms with Crippen LogP contribution in [0.25, 0.3) is 0 Å². The second-order valence-electron chi connectivity index (χ2n) is 5.78. The highest BCUT2D eigenvalue weighted by Crippen LogP contribution is 2.24.